The number of hydrogen-bond acceptors (Lipinski definition) is 7. The second-order valence-corrected chi connectivity index (χ2v) is 7.92. The van der Waals surface area contributed by atoms with Gasteiger partial charge in [-0.15, -0.1) is 0 Å². The van der Waals surface area contributed by atoms with Crippen molar-refractivity contribution < 1.29 is 33.2 Å². The number of fused-ring (bicyclic) bond motifs is 1. The van der Waals surface area contributed by atoms with Crippen LogP contribution in [0.4, 0.5) is 0 Å². The Morgan fingerprint density at radius 2 is 1.44 bits per heavy atom. The Kier molecular flexibility index (Phi) is 6.91. The molecule has 3 atom stereocenters. The van der Waals surface area contributed by atoms with Crippen molar-refractivity contribution in [1.29, 1.82) is 0 Å². The van der Waals surface area contributed by atoms with Crippen molar-refractivity contribution in [3.63, 3.8) is 0 Å². The smallest absolute Gasteiger partial charge is 0.161 e. The summed E-state index contributed by atoms with van der Waals surface area (Å²) in [5, 5.41) is 0. The Morgan fingerprint density at radius 3 is 2.03 bits per heavy atom. The molecule has 1 aliphatic heterocycles. The monoisotopic (exact) mass is 466 g/mol. The van der Waals surface area contributed by atoms with Gasteiger partial charge in [-0.1, -0.05) is 6.07 Å². The topological polar surface area (TPSA) is 64.6 Å². The zero-order valence-corrected chi connectivity index (χ0v) is 20.3. The molecule has 3 unspecified atom stereocenters. The summed E-state index contributed by atoms with van der Waals surface area (Å²) in [5.41, 5.74) is 1.86. The van der Waals surface area contributed by atoms with E-state index < -0.39 is 0 Å². The highest BCUT2D eigenvalue weighted by atomic mass is 16.5. The van der Waals surface area contributed by atoms with E-state index in [9.17, 15) is 0 Å². The van der Waals surface area contributed by atoms with Gasteiger partial charge in [-0.05, 0) is 42.0 Å². The lowest BCUT2D eigenvalue weighted by atomic mass is 9.81. The van der Waals surface area contributed by atoms with Crippen LogP contribution < -0.4 is 18.9 Å². The van der Waals surface area contributed by atoms with Gasteiger partial charge in [-0.3, -0.25) is 0 Å². The second-order valence-electron chi connectivity index (χ2n) is 7.92. The number of hydrogen-bond donors (Lipinski definition) is 0. The minimum atomic E-state index is -0.318. The molecule has 0 radical (unpaired) electrons. The highest BCUT2D eigenvalue weighted by molar-refractivity contribution is 5.59. The molecule has 2 aromatic carbocycles. The van der Waals surface area contributed by atoms with Crippen LogP contribution in [0, 0.1) is 11.8 Å². The van der Waals surface area contributed by atoms with Crippen LogP contribution in [0.25, 0.3) is 6.08 Å². The van der Waals surface area contributed by atoms with Crippen LogP contribution in [0.5, 0.6) is 23.0 Å². The maximum Gasteiger partial charge on any atom is 0.161 e. The van der Waals surface area contributed by atoms with Gasteiger partial charge in [-0.2, -0.15) is 0 Å². The highest BCUT2D eigenvalue weighted by Gasteiger charge is 2.46. The Morgan fingerprint density at radius 1 is 0.735 bits per heavy atom. The van der Waals surface area contributed by atoms with E-state index in [1.165, 1.54) is 0 Å². The third kappa shape index (κ3) is 4.38. The minimum Gasteiger partial charge on any atom is -0.500 e. The fourth-order valence-corrected chi connectivity index (χ4v) is 4.47. The Hall–Kier alpha value is -3.74. The first kappa shape index (κ1) is 23.4. The largest absolute Gasteiger partial charge is 0.500 e. The SMILES string of the molecule is COC1=CC2C(=Cc3ccc(OC)c(OC)c3)OC(c3cc(OC)cc(OC)c3)C2C(OC)=C1. The van der Waals surface area contributed by atoms with Gasteiger partial charge in [0, 0.05) is 17.7 Å². The van der Waals surface area contributed by atoms with Crippen molar-refractivity contribution in [2.75, 3.05) is 42.7 Å². The zero-order valence-electron chi connectivity index (χ0n) is 20.3. The second kappa shape index (κ2) is 10.0. The summed E-state index contributed by atoms with van der Waals surface area (Å²) in [4.78, 5) is 0. The Labute approximate surface area is 200 Å². The lowest BCUT2D eigenvalue weighted by Gasteiger charge is -2.26. The summed E-state index contributed by atoms with van der Waals surface area (Å²) >= 11 is 0. The summed E-state index contributed by atoms with van der Waals surface area (Å²) < 4.78 is 39.8. The first-order valence-corrected chi connectivity index (χ1v) is 10.9. The van der Waals surface area contributed by atoms with Crippen molar-refractivity contribution in [1.82, 2.24) is 0 Å². The normalized spacial score (nSPS) is 22.2. The average Bonchev–Trinajstić information content (AvgIpc) is 3.25. The molecule has 0 amide bonds. The lowest BCUT2D eigenvalue weighted by Crippen LogP contribution is -2.21. The van der Waals surface area contributed by atoms with E-state index in [0.29, 0.717) is 23.0 Å². The zero-order chi connectivity index (χ0) is 24.2. The standard InChI is InChI=1S/C27H30O7/c1-28-18-11-17(12-19(13-18)29-2)27-26-21(14-20(30-3)15-25(26)33-6)23(34-27)9-16-7-8-22(31-4)24(10-16)32-5/h7-15,21,26-27H,1-6H3. The number of allylic oxidation sites excluding steroid dienone is 2. The number of ether oxygens (including phenoxy) is 7. The molecule has 0 saturated carbocycles. The molecule has 0 spiro atoms. The predicted molar refractivity (Wildman–Crippen MR) is 128 cm³/mol. The molecule has 4 rings (SSSR count). The fraction of sp³-hybridized carbons (Fsp3) is 0.333. The van der Waals surface area contributed by atoms with Crippen molar-refractivity contribution in [3.8, 4) is 23.0 Å². The summed E-state index contributed by atoms with van der Waals surface area (Å²) in [6.07, 6.45) is 5.67. The first-order chi connectivity index (χ1) is 16.5. The van der Waals surface area contributed by atoms with E-state index >= 15 is 0 Å². The molecule has 1 aliphatic carbocycles. The molecule has 1 fully saturated rings. The molecule has 1 heterocycles. The van der Waals surface area contributed by atoms with E-state index in [2.05, 4.69) is 6.08 Å². The van der Waals surface area contributed by atoms with Crippen LogP contribution in [-0.2, 0) is 14.2 Å². The molecule has 180 valence electrons. The molecule has 0 N–H and O–H groups in total. The van der Waals surface area contributed by atoms with Gasteiger partial charge in [0.15, 0.2) is 11.5 Å². The molecule has 0 aromatic heterocycles. The van der Waals surface area contributed by atoms with Crippen LogP contribution in [0.3, 0.4) is 0 Å². The van der Waals surface area contributed by atoms with Crippen LogP contribution in [-0.4, -0.2) is 42.7 Å². The maximum absolute atomic E-state index is 6.61. The molecule has 0 bridgehead atoms. The molecule has 34 heavy (non-hydrogen) atoms. The van der Waals surface area contributed by atoms with Gasteiger partial charge in [0.25, 0.3) is 0 Å². The lowest BCUT2D eigenvalue weighted by molar-refractivity contribution is 0.114. The van der Waals surface area contributed by atoms with E-state index in [0.717, 1.165) is 28.4 Å². The third-order valence-corrected chi connectivity index (χ3v) is 6.15. The molecule has 1 saturated heterocycles. The molecule has 7 heteroatoms. The quantitative estimate of drug-likeness (QED) is 0.534. The van der Waals surface area contributed by atoms with Gasteiger partial charge >= 0.3 is 0 Å². The Bertz CT molecular complexity index is 1110. The number of methoxy groups -OCH3 is 6. The van der Waals surface area contributed by atoms with Crippen molar-refractivity contribution in [2.24, 2.45) is 11.8 Å². The van der Waals surface area contributed by atoms with Gasteiger partial charge < -0.3 is 33.2 Å². The summed E-state index contributed by atoms with van der Waals surface area (Å²) in [7, 11) is 9.81. The van der Waals surface area contributed by atoms with Crippen molar-refractivity contribution in [3.05, 3.63) is 77.0 Å². The third-order valence-electron chi connectivity index (χ3n) is 6.15. The number of benzene rings is 2. The average molecular weight is 467 g/mol. The fourth-order valence-electron chi connectivity index (χ4n) is 4.47. The summed E-state index contributed by atoms with van der Waals surface area (Å²) in [6, 6.07) is 11.5. The number of rotatable bonds is 8. The minimum absolute atomic E-state index is 0.0906. The first-order valence-electron chi connectivity index (χ1n) is 10.9. The van der Waals surface area contributed by atoms with E-state index in [4.69, 9.17) is 33.2 Å². The van der Waals surface area contributed by atoms with Crippen molar-refractivity contribution >= 4 is 6.08 Å². The van der Waals surface area contributed by atoms with E-state index in [1.54, 1.807) is 42.7 Å². The molecule has 7 nitrogen and oxygen atoms in total. The molecular formula is C27H30O7. The van der Waals surface area contributed by atoms with Crippen LogP contribution >= 0.6 is 0 Å². The van der Waals surface area contributed by atoms with Gasteiger partial charge in [-0.25, -0.2) is 0 Å². The van der Waals surface area contributed by atoms with Gasteiger partial charge in [0.05, 0.1) is 54.5 Å². The molecule has 2 aliphatic rings. The highest BCUT2D eigenvalue weighted by Crippen LogP contribution is 2.52. The van der Waals surface area contributed by atoms with Gasteiger partial charge in [0.1, 0.15) is 34.9 Å². The molecular weight excluding hydrogens is 436 g/mol. The van der Waals surface area contributed by atoms with Crippen LogP contribution in [0.15, 0.2) is 65.8 Å². The predicted octanol–water partition coefficient (Wildman–Crippen LogP) is 5.14. The summed E-state index contributed by atoms with van der Waals surface area (Å²) in [5.74, 6) is 4.82. The Balaban J connectivity index is 1.81. The van der Waals surface area contributed by atoms with Gasteiger partial charge in [0.2, 0.25) is 0 Å². The van der Waals surface area contributed by atoms with E-state index in [1.807, 2.05) is 48.6 Å². The van der Waals surface area contributed by atoms with E-state index in [-0.39, 0.29) is 17.9 Å². The van der Waals surface area contributed by atoms with Crippen LogP contribution in [0.1, 0.15) is 17.2 Å². The maximum atomic E-state index is 6.61. The van der Waals surface area contributed by atoms with Crippen LogP contribution in [0.2, 0.25) is 0 Å². The summed E-state index contributed by atoms with van der Waals surface area (Å²) in [6.45, 7) is 0. The van der Waals surface area contributed by atoms with Crippen molar-refractivity contribution in [2.45, 2.75) is 6.10 Å². The molecule has 2 aromatic rings.